The summed E-state index contributed by atoms with van der Waals surface area (Å²) < 4.78 is 31.6. The molecule has 2 aliphatic rings. The molecule has 0 saturated carbocycles. The van der Waals surface area contributed by atoms with E-state index in [2.05, 4.69) is 10.0 Å². The number of rotatable bonds is 5. The van der Waals surface area contributed by atoms with Gasteiger partial charge >= 0.3 is 6.09 Å². The van der Waals surface area contributed by atoms with Crippen LogP contribution in [0.3, 0.4) is 0 Å². The third-order valence-corrected chi connectivity index (χ3v) is 5.42. The van der Waals surface area contributed by atoms with Gasteiger partial charge in [0.25, 0.3) is 0 Å². The van der Waals surface area contributed by atoms with Crippen LogP contribution in [0.15, 0.2) is 0 Å². The monoisotopic (exact) mass is 361 g/mol. The molecule has 1 amide bonds. The fourth-order valence-corrected chi connectivity index (χ4v) is 4.55. The maximum absolute atomic E-state index is 12.5. The number of amides is 1. The molecule has 0 aliphatic carbocycles. The van der Waals surface area contributed by atoms with Crippen molar-refractivity contribution in [2.75, 3.05) is 25.9 Å². The van der Waals surface area contributed by atoms with Crippen molar-refractivity contribution in [1.82, 2.24) is 14.9 Å². The van der Waals surface area contributed by atoms with E-state index in [1.54, 1.807) is 4.90 Å². The summed E-state index contributed by atoms with van der Waals surface area (Å²) in [4.78, 5) is 14.2. The molecule has 0 bridgehead atoms. The largest absolute Gasteiger partial charge is 0.447 e. The second-order valence-corrected chi connectivity index (χ2v) is 9.06. The van der Waals surface area contributed by atoms with Gasteiger partial charge in [-0.25, -0.2) is 17.9 Å². The molecule has 2 heterocycles. The van der Waals surface area contributed by atoms with Crippen LogP contribution in [0.5, 0.6) is 0 Å². The Hall–Kier alpha value is -0.860. The molecule has 8 heteroatoms. The molecule has 2 N–H and O–H groups in total. The number of likely N-dealkylation sites (tertiary alicyclic amines) is 1. The first-order valence-corrected chi connectivity index (χ1v) is 10.8. The van der Waals surface area contributed by atoms with Gasteiger partial charge in [0.1, 0.15) is 0 Å². The lowest BCUT2D eigenvalue weighted by Gasteiger charge is -2.42. The highest BCUT2D eigenvalue weighted by atomic mass is 32.2. The zero-order valence-electron chi connectivity index (χ0n) is 15.0. The van der Waals surface area contributed by atoms with E-state index in [1.807, 2.05) is 13.8 Å². The van der Waals surface area contributed by atoms with Gasteiger partial charge in [-0.05, 0) is 65.0 Å². The third-order valence-electron chi connectivity index (χ3n) is 4.69. The molecular formula is C16H31N3O4S. The van der Waals surface area contributed by atoms with Gasteiger partial charge in [0.2, 0.25) is 10.0 Å². The molecule has 0 aromatic rings. The Morgan fingerprint density at radius 3 is 2.67 bits per heavy atom. The summed E-state index contributed by atoms with van der Waals surface area (Å²) in [7, 11) is -3.31. The normalized spacial score (nSPS) is 28.8. The first-order chi connectivity index (χ1) is 11.3. The summed E-state index contributed by atoms with van der Waals surface area (Å²) in [6.07, 6.45) is 5.23. The molecule has 1 unspecified atom stereocenters. The Morgan fingerprint density at radius 1 is 1.33 bits per heavy atom. The van der Waals surface area contributed by atoms with Crippen molar-refractivity contribution in [3.05, 3.63) is 0 Å². The number of ether oxygens (including phenoxy) is 1. The number of carbonyl (C=O) groups excluding carboxylic acids is 1. The summed E-state index contributed by atoms with van der Waals surface area (Å²) in [5.74, 6) is 0.458. The molecular weight excluding hydrogens is 330 g/mol. The first kappa shape index (κ1) is 19.5. The van der Waals surface area contributed by atoms with Crippen molar-refractivity contribution in [3.8, 4) is 0 Å². The fourth-order valence-electron chi connectivity index (χ4n) is 3.72. The highest BCUT2D eigenvalue weighted by molar-refractivity contribution is 7.88. The highest BCUT2D eigenvalue weighted by Crippen LogP contribution is 2.27. The smallest absolute Gasteiger partial charge is 0.410 e. The van der Waals surface area contributed by atoms with Gasteiger partial charge in [0.05, 0.1) is 18.4 Å². The molecule has 0 radical (unpaired) electrons. The second kappa shape index (κ2) is 8.49. The number of nitrogens with one attached hydrogen (secondary N) is 2. The summed E-state index contributed by atoms with van der Waals surface area (Å²) in [6.45, 7) is 6.24. The van der Waals surface area contributed by atoms with E-state index >= 15 is 0 Å². The topological polar surface area (TPSA) is 87.7 Å². The van der Waals surface area contributed by atoms with Crippen molar-refractivity contribution in [2.45, 2.75) is 64.1 Å². The summed E-state index contributed by atoms with van der Waals surface area (Å²) in [6, 6.07) is -0.389. The van der Waals surface area contributed by atoms with Gasteiger partial charge in [-0.2, -0.15) is 0 Å². The van der Waals surface area contributed by atoms with Gasteiger partial charge in [0, 0.05) is 12.6 Å². The Kier molecular flexibility index (Phi) is 6.88. The maximum atomic E-state index is 12.5. The maximum Gasteiger partial charge on any atom is 0.410 e. The van der Waals surface area contributed by atoms with Crippen LogP contribution >= 0.6 is 0 Å². The van der Waals surface area contributed by atoms with E-state index in [0.717, 1.165) is 45.2 Å². The molecule has 2 fully saturated rings. The van der Waals surface area contributed by atoms with E-state index in [9.17, 15) is 13.2 Å². The minimum Gasteiger partial charge on any atom is -0.447 e. The van der Waals surface area contributed by atoms with Crippen molar-refractivity contribution in [1.29, 1.82) is 0 Å². The molecule has 0 aromatic carbocycles. The average molecular weight is 362 g/mol. The standard InChI is InChI=1S/C16H31N3O4S/c1-12(2)23-16(20)19-9-5-7-14(18-24(3,21)22)15(19)10-13-6-4-8-17-11-13/h12-15,17-18H,4-11H2,1-3H3/t13?,14-,15-/m1/s1. The zero-order chi connectivity index (χ0) is 17.7. The molecule has 140 valence electrons. The lowest BCUT2D eigenvalue weighted by atomic mass is 9.86. The van der Waals surface area contributed by atoms with Crippen molar-refractivity contribution < 1.29 is 17.9 Å². The van der Waals surface area contributed by atoms with Crippen molar-refractivity contribution in [2.24, 2.45) is 5.92 Å². The predicted octanol–water partition coefficient (Wildman–Crippen LogP) is 1.30. The molecule has 2 aliphatic heterocycles. The van der Waals surface area contributed by atoms with Gasteiger partial charge < -0.3 is 15.0 Å². The van der Waals surface area contributed by atoms with E-state index in [1.165, 1.54) is 6.26 Å². The molecule has 2 saturated heterocycles. The Bertz CT molecular complexity index is 517. The quantitative estimate of drug-likeness (QED) is 0.771. The number of nitrogens with zero attached hydrogens (tertiary/aromatic N) is 1. The van der Waals surface area contributed by atoms with Crippen LogP contribution in [0.4, 0.5) is 4.79 Å². The summed E-state index contributed by atoms with van der Waals surface area (Å²) >= 11 is 0. The summed E-state index contributed by atoms with van der Waals surface area (Å²) in [5, 5.41) is 3.39. The Morgan fingerprint density at radius 2 is 2.08 bits per heavy atom. The molecule has 7 nitrogen and oxygen atoms in total. The predicted molar refractivity (Wildman–Crippen MR) is 93.3 cm³/mol. The van der Waals surface area contributed by atoms with E-state index in [4.69, 9.17) is 4.74 Å². The van der Waals surface area contributed by atoms with Crippen LogP contribution in [0, 0.1) is 5.92 Å². The molecule has 24 heavy (non-hydrogen) atoms. The van der Waals surface area contributed by atoms with Crippen LogP contribution in [-0.4, -0.2) is 63.5 Å². The Balaban J connectivity index is 2.14. The van der Waals surface area contributed by atoms with Crippen molar-refractivity contribution >= 4 is 16.1 Å². The number of sulfonamides is 1. The lowest BCUT2D eigenvalue weighted by molar-refractivity contribution is 0.0388. The minimum atomic E-state index is -3.31. The number of carbonyl (C=O) groups is 1. The van der Waals surface area contributed by atoms with E-state index in [0.29, 0.717) is 12.5 Å². The molecule has 3 atom stereocenters. The Labute approximate surface area is 145 Å². The number of hydrogen-bond acceptors (Lipinski definition) is 5. The van der Waals surface area contributed by atoms with Gasteiger partial charge in [-0.15, -0.1) is 0 Å². The van der Waals surface area contributed by atoms with Crippen LogP contribution < -0.4 is 10.0 Å². The third kappa shape index (κ3) is 5.89. The SMILES string of the molecule is CC(C)OC(=O)N1CCC[C@@H](NS(C)(=O)=O)[C@H]1CC1CCCNC1. The zero-order valence-corrected chi connectivity index (χ0v) is 15.8. The summed E-state index contributed by atoms with van der Waals surface area (Å²) in [5.41, 5.74) is 0. The van der Waals surface area contributed by atoms with Crippen LogP contribution in [0.1, 0.15) is 46.0 Å². The first-order valence-electron chi connectivity index (χ1n) is 8.91. The van der Waals surface area contributed by atoms with Gasteiger partial charge in [-0.3, -0.25) is 0 Å². The highest BCUT2D eigenvalue weighted by Gasteiger charge is 2.38. The van der Waals surface area contributed by atoms with Gasteiger partial charge in [-0.1, -0.05) is 0 Å². The average Bonchev–Trinajstić information content (AvgIpc) is 2.48. The fraction of sp³-hybridized carbons (Fsp3) is 0.938. The van der Waals surface area contributed by atoms with Crippen LogP contribution in [0.2, 0.25) is 0 Å². The van der Waals surface area contributed by atoms with Gasteiger partial charge in [0.15, 0.2) is 0 Å². The van der Waals surface area contributed by atoms with Crippen molar-refractivity contribution in [3.63, 3.8) is 0 Å². The minimum absolute atomic E-state index is 0.148. The molecule has 2 rings (SSSR count). The number of piperidine rings is 2. The van der Waals surface area contributed by atoms with E-state index in [-0.39, 0.29) is 24.3 Å². The molecule has 0 aromatic heterocycles. The lowest BCUT2D eigenvalue weighted by Crippen LogP contribution is -2.58. The second-order valence-electron chi connectivity index (χ2n) is 7.28. The van der Waals surface area contributed by atoms with Crippen LogP contribution in [0.25, 0.3) is 0 Å². The van der Waals surface area contributed by atoms with E-state index < -0.39 is 10.0 Å². The molecule has 0 spiro atoms. The van der Waals surface area contributed by atoms with Crippen LogP contribution in [-0.2, 0) is 14.8 Å². The number of hydrogen-bond donors (Lipinski definition) is 2.